The number of nitriles is 1. The van der Waals surface area contributed by atoms with E-state index >= 15 is 0 Å². The molecule has 1 aliphatic carbocycles. The van der Waals surface area contributed by atoms with Gasteiger partial charge < -0.3 is 5.11 Å². The number of aromatic nitrogens is 1. The van der Waals surface area contributed by atoms with Gasteiger partial charge in [0.15, 0.2) is 0 Å². The molecule has 0 radical (unpaired) electrons. The Bertz CT molecular complexity index is 666. The fourth-order valence-electron chi connectivity index (χ4n) is 3.32. The number of nitrogens with zero attached hydrogens (tertiary/aromatic N) is 2. The second kappa shape index (κ2) is 5.83. The van der Waals surface area contributed by atoms with Gasteiger partial charge in [-0.15, -0.1) is 0 Å². The first-order valence-corrected chi connectivity index (χ1v) is 7.70. The van der Waals surface area contributed by atoms with Crippen molar-refractivity contribution in [2.45, 2.75) is 44.6 Å². The quantitative estimate of drug-likeness (QED) is 0.841. The molecule has 1 saturated carbocycles. The van der Waals surface area contributed by atoms with E-state index in [1.54, 1.807) is 0 Å². The van der Waals surface area contributed by atoms with E-state index in [0.717, 1.165) is 49.4 Å². The van der Waals surface area contributed by atoms with E-state index in [-0.39, 0.29) is 0 Å². The smallest absolute Gasteiger partial charge is 0.115 e. The average molecular weight is 280 g/mol. The second-order valence-corrected chi connectivity index (χ2v) is 6.01. The van der Waals surface area contributed by atoms with E-state index < -0.39 is 11.5 Å². The highest BCUT2D eigenvalue weighted by molar-refractivity contribution is 5.78. The maximum absolute atomic E-state index is 10.8. The average Bonchev–Trinajstić information content (AvgIpc) is 2.80. The molecule has 108 valence electrons. The first-order chi connectivity index (χ1) is 10.2. The van der Waals surface area contributed by atoms with Gasteiger partial charge >= 0.3 is 0 Å². The molecule has 1 fully saturated rings. The highest BCUT2D eigenvalue weighted by Gasteiger charge is 2.40. The number of pyridine rings is 1. The Morgan fingerprint density at radius 2 is 1.76 bits per heavy atom. The van der Waals surface area contributed by atoms with Crippen LogP contribution in [0.5, 0.6) is 0 Å². The lowest BCUT2D eigenvalue weighted by molar-refractivity contribution is 0.0484. The molecular formula is C18H20N2O. The standard InChI is InChI=1S/C18H20N2O/c19-13-18(11-5-1-2-6-12-18)17(21)16-10-9-14-7-3-4-8-15(14)20-16/h3-4,7-10,17,21H,1-2,5-6,11-12H2. The van der Waals surface area contributed by atoms with Crippen LogP contribution in [-0.4, -0.2) is 10.1 Å². The summed E-state index contributed by atoms with van der Waals surface area (Å²) < 4.78 is 0. The van der Waals surface area contributed by atoms with Crippen LogP contribution in [0, 0.1) is 16.7 Å². The van der Waals surface area contributed by atoms with E-state index in [4.69, 9.17) is 0 Å². The first kappa shape index (κ1) is 14.0. The zero-order chi connectivity index (χ0) is 14.7. The van der Waals surface area contributed by atoms with Crippen molar-refractivity contribution in [3.05, 3.63) is 42.1 Å². The van der Waals surface area contributed by atoms with Crippen molar-refractivity contribution in [3.63, 3.8) is 0 Å². The monoisotopic (exact) mass is 280 g/mol. The fourth-order valence-corrected chi connectivity index (χ4v) is 3.32. The summed E-state index contributed by atoms with van der Waals surface area (Å²) in [6.07, 6.45) is 5.06. The van der Waals surface area contributed by atoms with Crippen LogP contribution >= 0.6 is 0 Å². The lowest BCUT2D eigenvalue weighted by atomic mass is 9.75. The molecule has 1 aliphatic rings. The van der Waals surface area contributed by atoms with Crippen LogP contribution in [0.1, 0.15) is 50.3 Å². The summed E-state index contributed by atoms with van der Waals surface area (Å²) >= 11 is 0. The number of para-hydroxylation sites is 1. The topological polar surface area (TPSA) is 56.9 Å². The molecule has 1 aromatic carbocycles. The van der Waals surface area contributed by atoms with Gasteiger partial charge in [0.1, 0.15) is 6.10 Å². The number of fused-ring (bicyclic) bond motifs is 1. The van der Waals surface area contributed by atoms with E-state index in [1.807, 2.05) is 36.4 Å². The van der Waals surface area contributed by atoms with E-state index in [2.05, 4.69) is 11.1 Å². The number of rotatable bonds is 2. The van der Waals surface area contributed by atoms with Crippen molar-refractivity contribution >= 4 is 10.9 Å². The van der Waals surface area contributed by atoms with Crippen LogP contribution in [0.4, 0.5) is 0 Å². The van der Waals surface area contributed by atoms with Gasteiger partial charge in [-0.3, -0.25) is 4.98 Å². The Kier molecular flexibility index (Phi) is 3.90. The number of hydrogen-bond donors (Lipinski definition) is 1. The zero-order valence-corrected chi connectivity index (χ0v) is 12.1. The molecule has 0 bridgehead atoms. The molecule has 3 rings (SSSR count). The van der Waals surface area contributed by atoms with Gasteiger partial charge in [0.05, 0.1) is 22.7 Å². The zero-order valence-electron chi connectivity index (χ0n) is 12.1. The van der Waals surface area contributed by atoms with Crippen molar-refractivity contribution in [3.8, 4) is 6.07 Å². The van der Waals surface area contributed by atoms with Crippen molar-refractivity contribution < 1.29 is 5.11 Å². The number of aliphatic hydroxyl groups excluding tert-OH is 1. The highest BCUT2D eigenvalue weighted by atomic mass is 16.3. The molecule has 3 heteroatoms. The Morgan fingerprint density at radius 1 is 1.05 bits per heavy atom. The summed E-state index contributed by atoms with van der Waals surface area (Å²) in [6.45, 7) is 0. The highest BCUT2D eigenvalue weighted by Crippen LogP contribution is 2.44. The molecule has 0 aliphatic heterocycles. The SMILES string of the molecule is N#CC1(C(O)c2ccc3ccccc3n2)CCCCCC1. The minimum absolute atomic E-state index is 0.622. The van der Waals surface area contributed by atoms with Gasteiger partial charge in [-0.1, -0.05) is 49.9 Å². The van der Waals surface area contributed by atoms with Gasteiger partial charge in [-0.25, -0.2) is 0 Å². The van der Waals surface area contributed by atoms with Crippen LogP contribution in [0.15, 0.2) is 36.4 Å². The second-order valence-electron chi connectivity index (χ2n) is 6.01. The van der Waals surface area contributed by atoms with E-state index in [9.17, 15) is 10.4 Å². The summed E-state index contributed by atoms with van der Waals surface area (Å²) in [4.78, 5) is 4.57. The summed E-state index contributed by atoms with van der Waals surface area (Å²) in [5.41, 5.74) is 0.819. The molecule has 2 aromatic rings. The minimum Gasteiger partial charge on any atom is -0.385 e. The van der Waals surface area contributed by atoms with Crippen LogP contribution in [0.25, 0.3) is 10.9 Å². The van der Waals surface area contributed by atoms with Gasteiger partial charge in [0.25, 0.3) is 0 Å². The molecule has 0 spiro atoms. The summed E-state index contributed by atoms with van der Waals surface area (Å²) in [6, 6.07) is 14.1. The first-order valence-electron chi connectivity index (χ1n) is 7.70. The molecule has 1 atom stereocenters. The summed E-state index contributed by atoms with van der Waals surface area (Å²) in [7, 11) is 0. The Morgan fingerprint density at radius 3 is 2.48 bits per heavy atom. The summed E-state index contributed by atoms with van der Waals surface area (Å²) in [5.74, 6) is 0. The van der Waals surface area contributed by atoms with E-state index in [0.29, 0.717) is 5.69 Å². The van der Waals surface area contributed by atoms with Crippen LogP contribution in [0.2, 0.25) is 0 Å². The molecule has 21 heavy (non-hydrogen) atoms. The van der Waals surface area contributed by atoms with E-state index in [1.165, 1.54) is 0 Å². The van der Waals surface area contributed by atoms with Crippen LogP contribution < -0.4 is 0 Å². The Labute approximate surface area is 125 Å². The van der Waals surface area contributed by atoms with Gasteiger partial charge in [0, 0.05) is 5.39 Å². The Hall–Kier alpha value is -1.92. The van der Waals surface area contributed by atoms with Crippen LogP contribution in [-0.2, 0) is 0 Å². The molecule has 3 nitrogen and oxygen atoms in total. The third-order valence-electron chi connectivity index (χ3n) is 4.64. The maximum Gasteiger partial charge on any atom is 0.115 e. The normalized spacial score (nSPS) is 19.6. The molecule has 1 N–H and O–H groups in total. The number of benzene rings is 1. The molecule has 1 aromatic heterocycles. The third kappa shape index (κ3) is 2.64. The molecule has 0 saturated heterocycles. The maximum atomic E-state index is 10.8. The molecule has 1 unspecified atom stereocenters. The van der Waals surface area contributed by atoms with Gasteiger partial charge in [-0.05, 0) is 25.0 Å². The lowest BCUT2D eigenvalue weighted by Gasteiger charge is -2.30. The summed E-state index contributed by atoms with van der Waals surface area (Å²) in [5, 5.41) is 21.5. The van der Waals surface area contributed by atoms with Gasteiger partial charge in [-0.2, -0.15) is 5.26 Å². The fraction of sp³-hybridized carbons (Fsp3) is 0.444. The molecular weight excluding hydrogens is 260 g/mol. The van der Waals surface area contributed by atoms with Crippen molar-refractivity contribution in [2.24, 2.45) is 5.41 Å². The molecule has 1 heterocycles. The van der Waals surface area contributed by atoms with Crippen molar-refractivity contribution in [2.75, 3.05) is 0 Å². The lowest BCUT2D eigenvalue weighted by Crippen LogP contribution is -2.27. The Balaban J connectivity index is 1.97. The predicted octanol–water partition coefficient (Wildman–Crippen LogP) is 4.13. The molecule has 0 amide bonds. The third-order valence-corrected chi connectivity index (χ3v) is 4.64. The van der Waals surface area contributed by atoms with Crippen LogP contribution in [0.3, 0.4) is 0 Å². The number of aliphatic hydroxyl groups is 1. The number of hydrogen-bond acceptors (Lipinski definition) is 3. The predicted molar refractivity (Wildman–Crippen MR) is 82.5 cm³/mol. The largest absolute Gasteiger partial charge is 0.385 e. The van der Waals surface area contributed by atoms with Crippen molar-refractivity contribution in [1.82, 2.24) is 4.98 Å². The van der Waals surface area contributed by atoms with Crippen molar-refractivity contribution in [1.29, 1.82) is 5.26 Å². The minimum atomic E-state index is -0.801. The van der Waals surface area contributed by atoms with Gasteiger partial charge in [0.2, 0.25) is 0 Å².